The molecule has 0 atom stereocenters. The molecular weight excluding hydrogens is 380 g/mol. The standard InChI is InChI=1S/C23H28N4O3/c1-24(17-19-8-2-3-9-20(19)25-12-4-5-13-25)23(28)18-10-11-21(22(16-18)27(29)30)26-14-6-7-15-26/h2-3,8-11,16H,4-7,12-15,17H2,1H3. The van der Waals surface area contributed by atoms with Crippen molar-refractivity contribution >= 4 is 23.0 Å². The molecule has 0 aromatic heterocycles. The fraction of sp³-hybridized carbons (Fsp3) is 0.435. The third kappa shape index (κ3) is 4.10. The average molecular weight is 409 g/mol. The molecule has 2 aromatic rings. The van der Waals surface area contributed by atoms with E-state index in [1.807, 2.05) is 17.0 Å². The summed E-state index contributed by atoms with van der Waals surface area (Å²) in [5, 5.41) is 11.7. The fourth-order valence-corrected chi connectivity index (χ4v) is 4.49. The van der Waals surface area contributed by atoms with Crippen molar-refractivity contribution in [2.45, 2.75) is 32.2 Å². The minimum absolute atomic E-state index is 0.00798. The third-order valence-corrected chi connectivity index (χ3v) is 6.06. The van der Waals surface area contributed by atoms with Crippen LogP contribution in [0.5, 0.6) is 0 Å². The summed E-state index contributed by atoms with van der Waals surface area (Å²) in [7, 11) is 1.75. The van der Waals surface area contributed by atoms with Gasteiger partial charge in [0.2, 0.25) is 0 Å². The van der Waals surface area contributed by atoms with Gasteiger partial charge in [0.1, 0.15) is 5.69 Å². The minimum atomic E-state index is -0.382. The van der Waals surface area contributed by atoms with Crippen LogP contribution in [0, 0.1) is 10.1 Å². The largest absolute Gasteiger partial charge is 0.371 e. The second-order valence-corrected chi connectivity index (χ2v) is 8.14. The summed E-state index contributed by atoms with van der Waals surface area (Å²) in [5.74, 6) is -0.206. The Morgan fingerprint density at radius 1 is 0.967 bits per heavy atom. The number of hydrogen-bond acceptors (Lipinski definition) is 5. The van der Waals surface area contributed by atoms with Crippen LogP contribution in [0.25, 0.3) is 0 Å². The van der Waals surface area contributed by atoms with E-state index < -0.39 is 0 Å². The molecule has 7 heteroatoms. The van der Waals surface area contributed by atoms with Crippen LogP contribution in [-0.2, 0) is 6.54 Å². The molecule has 2 saturated heterocycles. The molecule has 2 aromatic carbocycles. The minimum Gasteiger partial charge on any atom is -0.371 e. The number of para-hydroxylation sites is 1. The summed E-state index contributed by atoms with van der Waals surface area (Å²) in [6.45, 7) is 4.19. The van der Waals surface area contributed by atoms with Gasteiger partial charge in [-0.05, 0) is 49.4 Å². The van der Waals surface area contributed by atoms with Crippen LogP contribution in [0.2, 0.25) is 0 Å². The molecule has 0 aliphatic carbocycles. The summed E-state index contributed by atoms with van der Waals surface area (Å²) in [5.41, 5.74) is 3.24. The summed E-state index contributed by atoms with van der Waals surface area (Å²) in [6, 6.07) is 13.0. The van der Waals surface area contributed by atoms with Crippen molar-refractivity contribution in [3.05, 3.63) is 63.7 Å². The van der Waals surface area contributed by atoms with E-state index in [0.717, 1.165) is 44.6 Å². The maximum atomic E-state index is 13.1. The van der Waals surface area contributed by atoms with Crippen molar-refractivity contribution in [1.82, 2.24) is 4.90 Å². The smallest absolute Gasteiger partial charge is 0.293 e. The van der Waals surface area contributed by atoms with Gasteiger partial charge in [-0.15, -0.1) is 0 Å². The van der Waals surface area contributed by atoms with E-state index in [1.54, 1.807) is 24.1 Å². The number of rotatable bonds is 6. The molecule has 158 valence electrons. The lowest BCUT2D eigenvalue weighted by molar-refractivity contribution is -0.384. The Labute approximate surface area is 177 Å². The molecule has 2 aliphatic heterocycles. The molecule has 1 amide bonds. The zero-order chi connectivity index (χ0) is 21.1. The normalized spacial score (nSPS) is 16.2. The Balaban J connectivity index is 1.54. The molecule has 7 nitrogen and oxygen atoms in total. The zero-order valence-electron chi connectivity index (χ0n) is 17.4. The number of nitro benzene ring substituents is 1. The Morgan fingerprint density at radius 2 is 1.57 bits per heavy atom. The highest BCUT2D eigenvalue weighted by atomic mass is 16.6. The lowest BCUT2D eigenvalue weighted by Gasteiger charge is -2.25. The number of carbonyl (C=O) groups excluding carboxylic acids is 1. The topological polar surface area (TPSA) is 69.9 Å². The van der Waals surface area contributed by atoms with Gasteiger partial charge in [-0.3, -0.25) is 14.9 Å². The van der Waals surface area contributed by atoms with Crippen LogP contribution in [-0.4, -0.2) is 49.0 Å². The van der Waals surface area contributed by atoms with Crippen LogP contribution in [0.1, 0.15) is 41.6 Å². The lowest BCUT2D eigenvalue weighted by atomic mass is 10.1. The van der Waals surface area contributed by atoms with Gasteiger partial charge in [0, 0.05) is 57.1 Å². The highest BCUT2D eigenvalue weighted by molar-refractivity contribution is 5.95. The Morgan fingerprint density at radius 3 is 2.20 bits per heavy atom. The Hall–Kier alpha value is -3.09. The van der Waals surface area contributed by atoms with Gasteiger partial charge in [-0.2, -0.15) is 0 Å². The zero-order valence-corrected chi connectivity index (χ0v) is 17.4. The second-order valence-electron chi connectivity index (χ2n) is 8.14. The summed E-state index contributed by atoms with van der Waals surface area (Å²) < 4.78 is 0. The average Bonchev–Trinajstić information content (AvgIpc) is 3.47. The SMILES string of the molecule is CN(Cc1ccccc1N1CCCC1)C(=O)c1ccc(N2CCCC2)c([N+](=O)[O-])c1. The van der Waals surface area contributed by atoms with E-state index in [4.69, 9.17) is 0 Å². The van der Waals surface area contributed by atoms with E-state index in [9.17, 15) is 14.9 Å². The van der Waals surface area contributed by atoms with E-state index in [2.05, 4.69) is 17.0 Å². The molecule has 0 N–H and O–H groups in total. The van der Waals surface area contributed by atoms with Crippen LogP contribution in [0.4, 0.5) is 17.1 Å². The van der Waals surface area contributed by atoms with E-state index in [0.29, 0.717) is 17.8 Å². The van der Waals surface area contributed by atoms with Crippen molar-refractivity contribution in [3.8, 4) is 0 Å². The fourth-order valence-electron chi connectivity index (χ4n) is 4.49. The first-order chi connectivity index (χ1) is 14.5. The molecular formula is C23H28N4O3. The van der Waals surface area contributed by atoms with Crippen molar-refractivity contribution in [2.24, 2.45) is 0 Å². The van der Waals surface area contributed by atoms with Gasteiger partial charge >= 0.3 is 0 Å². The molecule has 0 saturated carbocycles. The number of benzene rings is 2. The van der Waals surface area contributed by atoms with Crippen LogP contribution < -0.4 is 9.80 Å². The predicted molar refractivity (Wildman–Crippen MR) is 118 cm³/mol. The van der Waals surface area contributed by atoms with Crippen LogP contribution in [0.15, 0.2) is 42.5 Å². The van der Waals surface area contributed by atoms with Crippen molar-refractivity contribution in [1.29, 1.82) is 0 Å². The number of nitro groups is 1. The van der Waals surface area contributed by atoms with Crippen LogP contribution in [0.3, 0.4) is 0 Å². The van der Waals surface area contributed by atoms with Crippen molar-refractivity contribution in [3.63, 3.8) is 0 Å². The van der Waals surface area contributed by atoms with Gasteiger partial charge in [-0.1, -0.05) is 18.2 Å². The maximum Gasteiger partial charge on any atom is 0.293 e. The molecule has 2 fully saturated rings. The quantitative estimate of drug-likeness (QED) is 0.532. The van der Waals surface area contributed by atoms with Crippen molar-refractivity contribution in [2.75, 3.05) is 43.0 Å². The lowest BCUT2D eigenvalue weighted by Crippen LogP contribution is -2.28. The summed E-state index contributed by atoms with van der Waals surface area (Å²) in [4.78, 5) is 30.4. The highest BCUT2D eigenvalue weighted by Crippen LogP contribution is 2.32. The number of nitrogens with zero attached hydrogens (tertiary/aromatic N) is 4. The van der Waals surface area contributed by atoms with E-state index >= 15 is 0 Å². The van der Waals surface area contributed by atoms with E-state index in [-0.39, 0.29) is 16.5 Å². The van der Waals surface area contributed by atoms with Gasteiger partial charge < -0.3 is 14.7 Å². The number of carbonyl (C=O) groups is 1. The number of amides is 1. The first-order valence-electron chi connectivity index (χ1n) is 10.7. The highest BCUT2D eigenvalue weighted by Gasteiger charge is 2.25. The second kappa shape index (κ2) is 8.73. The molecule has 30 heavy (non-hydrogen) atoms. The molecule has 0 bridgehead atoms. The third-order valence-electron chi connectivity index (χ3n) is 6.06. The molecule has 0 spiro atoms. The van der Waals surface area contributed by atoms with Crippen LogP contribution >= 0.6 is 0 Å². The van der Waals surface area contributed by atoms with Gasteiger partial charge in [-0.25, -0.2) is 0 Å². The Kier molecular flexibility index (Phi) is 5.88. The molecule has 2 heterocycles. The predicted octanol–water partition coefficient (Wildman–Crippen LogP) is 4.07. The summed E-state index contributed by atoms with van der Waals surface area (Å²) >= 11 is 0. The molecule has 4 rings (SSSR count). The molecule has 0 radical (unpaired) electrons. The molecule has 2 aliphatic rings. The van der Waals surface area contributed by atoms with Gasteiger partial charge in [0.15, 0.2) is 0 Å². The monoisotopic (exact) mass is 408 g/mol. The van der Waals surface area contributed by atoms with Gasteiger partial charge in [0.25, 0.3) is 11.6 Å². The number of anilines is 2. The van der Waals surface area contributed by atoms with Crippen molar-refractivity contribution < 1.29 is 9.72 Å². The van der Waals surface area contributed by atoms with E-state index in [1.165, 1.54) is 24.6 Å². The maximum absolute atomic E-state index is 13.1. The van der Waals surface area contributed by atoms with Gasteiger partial charge in [0.05, 0.1) is 4.92 Å². The summed E-state index contributed by atoms with van der Waals surface area (Å²) in [6.07, 6.45) is 4.46. The first kappa shape index (κ1) is 20.2. The first-order valence-corrected chi connectivity index (χ1v) is 10.7. The molecule has 0 unspecified atom stereocenters. The Bertz CT molecular complexity index is 934. The number of hydrogen-bond donors (Lipinski definition) is 0.